The van der Waals surface area contributed by atoms with Crippen LogP contribution in [0.25, 0.3) is 0 Å². The summed E-state index contributed by atoms with van der Waals surface area (Å²) in [4.78, 5) is 26.3. The van der Waals surface area contributed by atoms with E-state index in [9.17, 15) is 9.59 Å². The van der Waals surface area contributed by atoms with Crippen LogP contribution in [0.4, 0.5) is 0 Å². The molecular weight excluding hydrogens is 262 g/mol. The third-order valence-electron chi connectivity index (χ3n) is 4.59. The van der Waals surface area contributed by atoms with Crippen molar-refractivity contribution in [3.63, 3.8) is 0 Å². The summed E-state index contributed by atoms with van der Waals surface area (Å²) in [7, 11) is 0. The predicted octanol–water partition coefficient (Wildman–Crippen LogP) is 3.26. The van der Waals surface area contributed by atoms with Crippen molar-refractivity contribution in [2.75, 3.05) is 0 Å². The maximum absolute atomic E-state index is 12.4. The Kier molecular flexibility index (Phi) is 3.66. The molecule has 0 spiro atoms. The van der Waals surface area contributed by atoms with Crippen LogP contribution in [0.1, 0.15) is 43.7 Å². The molecule has 1 fully saturated rings. The van der Waals surface area contributed by atoms with Crippen molar-refractivity contribution in [3.8, 4) is 0 Å². The van der Waals surface area contributed by atoms with Gasteiger partial charge < -0.3 is 0 Å². The van der Waals surface area contributed by atoms with Crippen molar-refractivity contribution in [2.24, 2.45) is 11.8 Å². The van der Waals surface area contributed by atoms with Crippen LogP contribution in [0, 0.1) is 11.8 Å². The molecule has 2 aliphatic rings. The second-order valence-electron chi connectivity index (χ2n) is 6.31. The summed E-state index contributed by atoms with van der Waals surface area (Å²) in [5, 5.41) is 0. The lowest BCUT2D eigenvalue weighted by Crippen LogP contribution is -2.30. The monoisotopic (exact) mass is 283 g/mol. The molecule has 3 nitrogen and oxygen atoms in total. The Morgan fingerprint density at radius 3 is 2.00 bits per heavy atom. The van der Waals surface area contributed by atoms with Gasteiger partial charge in [0.25, 0.3) is 0 Å². The van der Waals surface area contributed by atoms with Crippen molar-refractivity contribution >= 4 is 11.8 Å². The number of carbonyl (C=O) groups is 2. The Hall–Kier alpha value is -1.90. The minimum Gasteiger partial charge on any atom is -0.278 e. The molecule has 3 rings (SSSR count). The summed E-state index contributed by atoms with van der Waals surface area (Å²) < 4.78 is 0. The van der Waals surface area contributed by atoms with Gasteiger partial charge >= 0.3 is 0 Å². The minimum atomic E-state index is -0.127. The molecule has 1 aliphatic carbocycles. The number of amides is 2. The fourth-order valence-corrected chi connectivity index (χ4v) is 3.22. The van der Waals surface area contributed by atoms with Crippen molar-refractivity contribution < 1.29 is 9.59 Å². The Morgan fingerprint density at radius 2 is 1.52 bits per heavy atom. The molecule has 3 heteroatoms. The Morgan fingerprint density at radius 1 is 1.00 bits per heavy atom. The lowest BCUT2D eigenvalue weighted by Gasteiger charge is -2.15. The van der Waals surface area contributed by atoms with Crippen LogP contribution in [0.5, 0.6) is 0 Å². The second kappa shape index (κ2) is 5.47. The molecule has 1 aromatic rings. The number of benzene rings is 1. The van der Waals surface area contributed by atoms with Crippen LogP contribution in [-0.4, -0.2) is 16.7 Å². The van der Waals surface area contributed by atoms with Crippen LogP contribution in [-0.2, 0) is 16.1 Å². The Labute approximate surface area is 125 Å². The quantitative estimate of drug-likeness (QED) is 0.630. The maximum atomic E-state index is 12.4. The maximum Gasteiger partial charge on any atom is 0.233 e. The molecule has 0 N–H and O–H groups in total. The van der Waals surface area contributed by atoms with E-state index in [0.717, 1.165) is 5.56 Å². The van der Waals surface area contributed by atoms with Gasteiger partial charge in [-0.2, -0.15) is 0 Å². The molecule has 2 amide bonds. The summed E-state index contributed by atoms with van der Waals surface area (Å²) in [6.45, 7) is 4.71. The molecular formula is C18H21NO2. The summed E-state index contributed by atoms with van der Waals surface area (Å²) in [6.07, 6.45) is 5.45. The van der Waals surface area contributed by atoms with E-state index in [1.54, 1.807) is 0 Å². The van der Waals surface area contributed by atoms with Gasteiger partial charge in [-0.25, -0.2) is 0 Å². The molecule has 0 aromatic heterocycles. The highest BCUT2D eigenvalue weighted by Gasteiger charge is 2.46. The zero-order valence-corrected chi connectivity index (χ0v) is 12.6. The molecule has 0 unspecified atom stereocenters. The van der Waals surface area contributed by atoms with Gasteiger partial charge in [-0.05, 0) is 29.9 Å². The molecule has 0 radical (unpaired) electrons. The average Bonchev–Trinajstić information content (AvgIpc) is 2.73. The Balaban J connectivity index is 1.76. The highest BCUT2D eigenvalue weighted by molar-refractivity contribution is 6.05. The first-order chi connectivity index (χ1) is 10.1. The number of hydrogen-bond donors (Lipinski definition) is 0. The minimum absolute atomic E-state index is 0.00212. The summed E-state index contributed by atoms with van der Waals surface area (Å²) in [5.41, 5.74) is 2.29. The van der Waals surface area contributed by atoms with Crippen LogP contribution in [0.3, 0.4) is 0 Å². The average molecular weight is 283 g/mol. The van der Waals surface area contributed by atoms with E-state index in [2.05, 4.69) is 26.0 Å². The van der Waals surface area contributed by atoms with E-state index in [1.807, 2.05) is 24.3 Å². The largest absolute Gasteiger partial charge is 0.278 e. The van der Waals surface area contributed by atoms with Crippen molar-refractivity contribution in [3.05, 3.63) is 47.5 Å². The van der Waals surface area contributed by atoms with E-state index >= 15 is 0 Å². The number of rotatable bonds is 3. The smallest absolute Gasteiger partial charge is 0.233 e. The zero-order chi connectivity index (χ0) is 15.0. The number of hydrogen-bond acceptors (Lipinski definition) is 2. The number of likely N-dealkylation sites (tertiary alicyclic amines) is 1. The van der Waals surface area contributed by atoms with E-state index in [-0.39, 0.29) is 23.7 Å². The van der Waals surface area contributed by atoms with Gasteiger partial charge in [-0.3, -0.25) is 14.5 Å². The summed E-state index contributed by atoms with van der Waals surface area (Å²) in [5.74, 6) is 0.238. The van der Waals surface area contributed by atoms with Gasteiger partial charge in [0.1, 0.15) is 0 Å². The van der Waals surface area contributed by atoms with Crippen LogP contribution in [0.2, 0.25) is 0 Å². The first kappa shape index (κ1) is 14.1. The van der Waals surface area contributed by atoms with Crippen molar-refractivity contribution in [1.82, 2.24) is 4.90 Å². The third-order valence-corrected chi connectivity index (χ3v) is 4.59. The fraction of sp³-hybridized carbons (Fsp3) is 0.444. The lowest BCUT2D eigenvalue weighted by atomic mass is 9.85. The first-order valence-corrected chi connectivity index (χ1v) is 7.67. The Bertz CT molecular complexity index is 560. The number of imide groups is 1. The molecule has 2 atom stereocenters. The molecule has 21 heavy (non-hydrogen) atoms. The normalized spacial score (nSPS) is 24.8. The highest BCUT2D eigenvalue weighted by atomic mass is 16.2. The highest BCUT2D eigenvalue weighted by Crippen LogP contribution is 2.35. The van der Waals surface area contributed by atoms with E-state index in [4.69, 9.17) is 0 Å². The zero-order valence-electron chi connectivity index (χ0n) is 12.6. The van der Waals surface area contributed by atoms with Gasteiger partial charge in [-0.15, -0.1) is 0 Å². The van der Waals surface area contributed by atoms with Gasteiger partial charge in [-0.1, -0.05) is 50.3 Å². The standard InChI is InChI=1S/C18H21NO2/c1-12(2)14-9-7-13(8-10-14)11-19-17(20)15-5-3-4-6-16(15)18(19)21/h3-4,7-10,12,15-16H,5-6,11H2,1-2H3/t15-,16-/m1/s1. The second-order valence-corrected chi connectivity index (χ2v) is 6.31. The SMILES string of the molecule is CC(C)c1ccc(CN2C(=O)[C@@H]3CC=CC[C@H]3C2=O)cc1. The van der Waals surface area contributed by atoms with E-state index < -0.39 is 0 Å². The molecule has 1 heterocycles. The van der Waals surface area contributed by atoms with E-state index in [0.29, 0.717) is 25.3 Å². The fourth-order valence-electron chi connectivity index (χ4n) is 3.22. The van der Waals surface area contributed by atoms with Gasteiger partial charge in [0.15, 0.2) is 0 Å². The first-order valence-electron chi connectivity index (χ1n) is 7.67. The van der Waals surface area contributed by atoms with Crippen LogP contribution in [0.15, 0.2) is 36.4 Å². The van der Waals surface area contributed by atoms with Gasteiger partial charge in [0.05, 0.1) is 18.4 Å². The topological polar surface area (TPSA) is 37.4 Å². The molecule has 1 aliphatic heterocycles. The molecule has 0 bridgehead atoms. The van der Waals surface area contributed by atoms with Gasteiger partial charge in [0.2, 0.25) is 11.8 Å². The number of nitrogens with zero attached hydrogens (tertiary/aromatic N) is 1. The van der Waals surface area contributed by atoms with Crippen molar-refractivity contribution in [2.45, 2.75) is 39.2 Å². The predicted molar refractivity (Wildman–Crippen MR) is 81.4 cm³/mol. The van der Waals surface area contributed by atoms with Crippen LogP contribution < -0.4 is 0 Å². The number of allylic oxidation sites excluding steroid dienone is 2. The third kappa shape index (κ3) is 2.53. The summed E-state index contributed by atoms with van der Waals surface area (Å²) >= 11 is 0. The number of carbonyl (C=O) groups excluding carboxylic acids is 2. The van der Waals surface area contributed by atoms with E-state index in [1.165, 1.54) is 10.5 Å². The summed E-state index contributed by atoms with van der Waals surface area (Å²) in [6, 6.07) is 8.21. The van der Waals surface area contributed by atoms with Crippen LogP contribution >= 0.6 is 0 Å². The van der Waals surface area contributed by atoms with Crippen molar-refractivity contribution in [1.29, 1.82) is 0 Å². The van der Waals surface area contributed by atoms with Gasteiger partial charge in [0, 0.05) is 0 Å². The lowest BCUT2D eigenvalue weighted by molar-refractivity contribution is -0.140. The number of fused-ring (bicyclic) bond motifs is 1. The molecule has 110 valence electrons. The molecule has 1 aromatic carbocycles. The molecule has 1 saturated heterocycles. The molecule has 0 saturated carbocycles.